The number of esters is 1. The van der Waals surface area contributed by atoms with E-state index in [4.69, 9.17) is 18.6 Å². The van der Waals surface area contributed by atoms with Gasteiger partial charge in [0.2, 0.25) is 29.5 Å². The number of rotatable bonds is 5. The van der Waals surface area contributed by atoms with Gasteiger partial charge >= 0.3 is 5.97 Å². The largest absolute Gasteiger partial charge is 0.464 e. The Balaban J connectivity index is 1.72. The molecule has 0 unspecified atom stereocenters. The molecule has 0 aliphatic carbocycles. The standard InChI is InChI=1S/C32H39N5O8/c1-15(2)22(38)26(40)33-18-11-9-16-10-12-20-17(13-16)32(6,30(42)37(20)7)24-21(27-34-19(14-44-27)29(41)43-8)35-28(45-24)23(31(3,4)5)36-25(18)39/h10,12-15,18,22-23,38H,9,11H2,1-8H3,(H,33,40)(H,36,39)/t18-,22-,23+,32-/m0/s1. The second-order valence-electron chi connectivity index (χ2n) is 13.2. The maximum absolute atomic E-state index is 14.1. The van der Waals surface area contributed by atoms with Gasteiger partial charge in [0.05, 0.1) is 7.11 Å². The molecule has 0 saturated heterocycles. The van der Waals surface area contributed by atoms with Crippen molar-refractivity contribution in [2.24, 2.45) is 11.3 Å². The fourth-order valence-electron chi connectivity index (χ4n) is 5.77. The Bertz CT molecular complexity index is 1670. The van der Waals surface area contributed by atoms with Crippen LogP contribution in [0.5, 0.6) is 0 Å². The lowest BCUT2D eigenvalue weighted by molar-refractivity contribution is -0.136. The molecule has 4 heterocycles. The molecule has 1 aromatic carbocycles. The maximum atomic E-state index is 14.1. The average molecular weight is 622 g/mol. The number of aliphatic hydroxyl groups excluding tert-OH is 1. The fourth-order valence-corrected chi connectivity index (χ4v) is 5.77. The predicted octanol–water partition coefficient (Wildman–Crippen LogP) is 3.05. The molecule has 13 nitrogen and oxygen atoms in total. The summed E-state index contributed by atoms with van der Waals surface area (Å²) < 4.78 is 16.9. The first-order valence-corrected chi connectivity index (χ1v) is 14.8. The van der Waals surface area contributed by atoms with Crippen molar-refractivity contribution in [3.63, 3.8) is 0 Å². The highest BCUT2D eigenvalue weighted by Crippen LogP contribution is 2.50. The molecular weight excluding hydrogens is 582 g/mol. The lowest BCUT2D eigenvalue weighted by atomic mass is 9.79. The first kappa shape index (κ1) is 31.9. The summed E-state index contributed by atoms with van der Waals surface area (Å²) >= 11 is 0. The van der Waals surface area contributed by atoms with Crippen molar-refractivity contribution >= 4 is 29.4 Å². The number of carbonyl (C=O) groups is 4. The van der Waals surface area contributed by atoms with Crippen LogP contribution in [0.3, 0.4) is 0 Å². The minimum absolute atomic E-state index is 0.0689. The first-order valence-electron chi connectivity index (χ1n) is 14.8. The molecule has 0 spiro atoms. The molecule has 4 bridgehead atoms. The summed E-state index contributed by atoms with van der Waals surface area (Å²) in [5.41, 5.74) is 0.0789. The molecule has 2 aliphatic rings. The van der Waals surface area contributed by atoms with E-state index in [1.54, 1.807) is 32.7 Å². The van der Waals surface area contributed by atoms with Gasteiger partial charge in [0.1, 0.15) is 29.9 Å². The van der Waals surface area contributed by atoms with Gasteiger partial charge in [-0.3, -0.25) is 14.4 Å². The zero-order valence-corrected chi connectivity index (χ0v) is 26.7. The Morgan fingerprint density at radius 2 is 1.93 bits per heavy atom. The van der Waals surface area contributed by atoms with E-state index in [2.05, 4.69) is 15.6 Å². The van der Waals surface area contributed by atoms with Crippen LogP contribution in [0.4, 0.5) is 5.69 Å². The minimum Gasteiger partial charge on any atom is -0.464 e. The van der Waals surface area contributed by atoms with Gasteiger partial charge < -0.3 is 34.2 Å². The highest BCUT2D eigenvalue weighted by Gasteiger charge is 2.53. The second kappa shape index (κ2) is 11.4. The highest BCUT2D eigenvalue weighted by atomic mass is 16.5. The van der Waals surface area contributed by atoms with Crippen LogP contribution in [0.25, 0.3) is 11.6 Å². The van der Waals surface area contributed by atoms with Crippen LogP contribution in [-0.2, 0) is 31.0 Å². The van der Waals surface area contributed by atoms with E-state index in [0.29, 0.717) is 17.7 Å². The van der Waals surface area contributed by atoms with E-state index in [0.717, 1.165) is 11.8 Å². The quantitative estimate of drug-likeness (QED) is 0.359. The summed E-state index contributed by atoms with van der Waals surface area (Å²) in [5.74, 6) is -2.35. The highest BCUT2D eigenvalue weighted by molar-refractivity contribution is 6.10. The smallest absolute Gasteiger partial charge is 0.360 e. The Hall–Kier alpha value is -4.52. The number of anilines is 1. The van der Waals surface area contributed by atoms with Gasteiger partial charge in [-0.2, -0.15) is 0 Å². The van der Waals surface area contributed by atoms with Crippen molar-refractivity contribution in [2.45, 2.75) is 78.0 Å². The Kier molecular flexibility index (Phi) is 8.11. The molecular formula is C32H39N5O8. The van der Waals surface area contributed by atoms with Crippen LogP contribution in [-0.4, -0.2) is 65.1 Å². The number of methoxy groups -OCH3 is 1. The number of nitrogens with zero attached hydrogens (tertiary/aromatic N) is 3. The van der Waals surface area contributed by atoms with Crippen LogP contribution in [0.2, 0.25) is 0 Å². The molecule has 5 rings (SSSR count). The Labute approximate surface area is 260 Å². The van der Waals surface area contributed by atoms with Gasteiger partial charge in [0, 0.05) is 12.7 Å². The summed E-state index contributed by atoms with van der Waals surface area (Å²) in [5, 5.41) is 16.1. The van der Waals surface area contributed by atoms with Crippen molar-refractivity contribution in [3.8, 4) is 11.6 Å². The normalized spacial score (nSPS) is 22.3. The number of hydrogen-bond acceptors (Lipinski definition) is 10. The summed E-state index contributed by atoms with van der Waals surface area (Å²) in [7, 11) is 2.90. The van der Waals surface area contributed by atoms with Crippen LogP contribution in [0.15, 0.2) is 33.3 Å². The Morgan fingerprint density at radius 1 is 1.22 bits per heavy atom. The number of fused-ring (bicyclic) bond motifs is 4. The van der Waals surface area contributed by atoms with E-state index >= 15 is 0 Å². The lowest BCUT2D eigenvalue weighted by Crippen LogP contribution is -2.52. The van der Waals surface area contributed by atoms with Gasteiger partial charge in [-0.25, -0.2) is 14.8 Å². The minimum atomic E-state index is -1.38. The summed E-state index contributed by atoms with van der Waals surface area (Å²) in [6.07, 6.45) is 0.451. The summed E-state index contributed by atoms with van der Waals surface area (Å²) in [6, 6.07) is 3.75. The zero-order chi connectivity index (χ0) is 33.0. The number of carbonyl (C=O) groups excluding carboxylic acids is 4. The molecule has 0 saturated carbocycles. The number of aliphatic hydroxyl groups is 1. The van der Waals surface area contributed by atoms with Crippen LogP contribution in [0, 0.1) is 11.3 Å². The van der Waals surface area contributed by atoms with Gasteiger partial charge in [-0.15, -0.1) is 0 Å². The molecule has 3 N–H and O–H groups in total. The summed E-state index contributed by atoms with van der Waals surface area (Å²) in [6.45, 7) is 10.8. The molecule has 13 heteroatoms. The van der Waals surface area contributed by atoms with Crippen LogP contribution in [0.1, 0.15) is 87.3 Å². The molecule has 3 amide bonds. The first-order chi connectivity index (χ1) is 21.1. The van der Waals surface area contributed by atoms with Gasteiger partial charge in [-0.1, -0.05) is 46.8 Å². The maximum Gasteiger partial charge on any atom is 0.360 e. The third kappa shape index (κ3) is 5.49. The number of nitrogens with one attached hydrogen (secondary N) is 2. The van der Waals surface area contributed by atoms with E-state index < -0.39 is 46.8 Å². The van der Waals surface area contributed by atoms with E-state index in [9.17, 15) is 24.3 Å². The Morgan fingerprint density at radius 3 is 2.58 bits per heavy atom. The molecule has 3 aromatic rings. The van der Waals surface area contributed by atoms with Gasteiger partial charge in [0.25, 0.3) is 0 Å². The number of oxazole rings is 2. The topological polar surface area (TPSA) is 177 Å². The third-order valence-electron chi connectivity index (χ3n) is 8.55. The molecule has 240 valence electrons. The van der Waals surface area contributed by atoms with Crippen molar-refractivity contribution in [3.05, 3.63) is 52.9 Å². The molecule has 2 aliphatic heterocycles. The SMILES string of the molecule is COC(=O)c1coc(-c2nc3oc2[C@@]2(C)C(=O)N(C)c4ccc(cc42)CC[C@H](NC(=O)[C@@H](O)C(C)C)C(=O)N[C@H]3C(C)(C)C)n1. The zero-order valence-electron chi connectivity index (χ0n) is 26.7. The number of hydrogen-bond donors (Lipinski definition) is 3. The van der Waals surface area contributed by atoms with Crippen LogP contribution < -0.4 is 15.5 Å². The molecule has 0 fully saturated rings. The molecule has 2 aromatic heterocycles. The number of ether oxygens (including phenoxy) is 1. The van der Waals surface area contributed by atoms with E-state index in [-0.39, 0.29) is 47.2 Å². The third-order valence-corrected chi connectivity index (χ3v) is 8.55. The van der Waals surface area contributed by atoms with Crippen molar-refractivity contribution in [1.29, 1.82) is 0 Å². The average Bonchev–Trinajstić information content (AvgIpc) is 3.70. The fraction of sp³-hybridized carbons (Fsp3) is 0.500. The van der Waals surface area contributed by atoms with E-state index in [1.165, 1.54) is 7.11 Å². The lowest BCUT2D eigenvalue weighted by Gasteiger charge is -2.31. The molecule has 0 radical (unpaired) electrons. The monoisotopic (exact) mass is 621 g/mol. The van der Waals surface area contributed by atoms with Crippen molar-refractivity contribution in [2.75, 3.05) is 19.1 Å². The summed E-state index contributed by atoms with van der Waals surface area (Å²) in [4.78, 5) is 63.6. The van der Waals surface area contributed by atoms with Crippen LogP contribution >= 0.6 is 0 Å². The van der Waals surface area contributed by atoms with Crippen molar-refractivity contribution in [1.82, 2.24) is 20.6 Å². The number of aromatic nitrogens is 2. The van der Waals surface area contributed by atoms with Gasteiger partial charge in [0.15, 0.2) is 17.1 Å². The van der Waals surface area contributed by atoms with E-state index in [1.807, 2.05) is 39.0 Å². The molecule has 45 heavy (non-hydrogen) atoms. The molecule has 4 atom stereocenters. The number of benzene rings is 1. The number of aryl methyl sites for hydroxylation is 1. The second-order valence-corrected chi connectivity index (χ2v) is 13.2. The number of likely N-dealkylation sites (N-methyl/N-ethyl adjacent to an activating group) is 1. The predicted molar refractivity (Wildman–Crippen MR) is 161 cm³/mol. The van der Waals surface area contributed by atoms with Crippen molar-refractivity contribution < 1.29 is 37.9 Å². The van der Waals surface area contributed by atoms with Gasteiger partial charge in [-0.05, 0) is 48.3 Å². The number of amides is 3.